The molecule has 0 radical (unpaired) electrons. The highest BCUT2D eigenvalue weighted by Crippen LogP contribution is 2.67. The number of fused-ring (bicyclic) bond motifs is 4. The molecule has 1 heteroatoms. The monoisotopic (exact) mass is 240 g/mol. The van der Waals surface area contributed by atoms with Gasteiger partial charge < -0.3 is 0 Å². The largest absolute Gasteiger partial charge is 0.299 e. The molecule has 94 valence electrons. The van der Waals surface area contributed by atoms with E-state index in [4.69, 9.17) is 0 Å². The van der Waals surface area contributed by atoms with Gasteiger partial charge in [-0.2, -0.15) is 0 Å². The average molecular weight is 240 g/mol. The van der Waals surface area contributed by atoms with Crippen LogP contribution in [0.1, 0.15) is 44.1 Å². The summed E-state index contributed by atoms with van der Waals surface area (Å²) >= 11 is 0. The molecule has 3 fully saturated rings. The van der Waals surface area contributed by atoms with Crippen LogP contribution >= 0.6 is 0 Å². The van der Waals surface area contributed by atoms with Crippen LogP contribution in [0.15, 0.2) is 30.3 Å². The van der Waals surface area contributed by atoms with Crippen LogP contribution in [0.4, 0.5) is 0 Å². The lowest BCUT2D eigenvalue weighted by molar-refractivity contribution is -0.147. The summed E-state index contributed by atoms with van der Waals surface area (Å²) in [6.45, 7) is 0. The maximum Gasteiger partial charge on any atom is 0.137 e. The van der Waals surface area contributed by atoms with Gasteiger partial charge in [-0.1, -0.05) is 36.8 Å². The van der Waals surface area contributed by atoms with Crippen molar-refractivity contribution in [3.05, 3.63) is 35.9 Å². The van der Waals surface area contributed by atoms with E-state index in [-0.39, 0.29) is 5.41 Å². The molecule has 4 unspecified atom stereocenters. The molecule has 1 aromatic carbocycles. The quantitative estimate of drug-likeness (QED) is 0.731. The molecule has 3 aliphatic rings. The van der Waals surface area contributed by atoms with Gasteiger partial charge in [-0.05, 0) is 43.1 Å². The van der Waals surface area contributed by atoms with Crippen LogP contribution in [0.3, 0.4) is 0 Å². The Balaban J connectivity index is 1.83. The molecule has 0 bridgehead atoms. The zero-order valence-corrected chi connectivity index (χ0v) is 10.8. The highest BCUT2D eigenvalue weighted by atomic mass is 16.1. The Morgan fingerprint density at radius 3 is 2.72 bits per heavy atom. The first-order chi connectivity index (χ1) is 8.84. The van der Waals surface area contributed by atoms with E-state index in [0.717, 1.165) is 24.7 Å². The summed E-state index contributed by atoms with van der Waals surface area (Å²) in [5.74, 6) is 2.45. The van der Waals surface area contributed by atoms with Gasteiger partial charge in [-0.3, -0.25) is 4.79 Å². The van der Waals surface area contributed by atoms with Gasteiger partial charge in [0.05, 0.1) is 0 Å². The fourth-order valence-electron chi connectivity index (χ4n) is 5.39. The van der Waals surface area contributed by atoms with Crippen molar-refractivity contribution in [3.63, 3.8) is 0 Å². The van der Waals surface area contributed by atoms with Crippen molar-refractivity contribution in [2.75, 3.05) is 0 Å². The van der Waals surface area contributed by atoms with Crippen molar-refractivity contribution in [2.45, 2.75) is 43.9 Å². The van der Waals surface area contributed by atoms with Crippen molar-refractivity contribution in [1.82, 2.24) is 0 Å². The molecular weight excluding hydrogens is 220 g/mol. The first-order valence-corrected chi connectivity index (χ1v) is 7.42. The molecule has 0 saturated heterocycles. The normalized spacial score (nSPS) is 42.0. The van der Waals surface area contributed by atoms with Crippen molar-refractivity contribution in [3.8, 4) is 0 Å². The third kappa shape index (κ3) is 1.15. The summed E-state index contributed by atoms with van der Waals surface area (Å²) in [6.07, 6.45) is 7.18. The number of Topliss-reactive ketones (excluding diaryl/α,β-unsaturated/α-hetero) is 1. The van der Waals surface area contributed by atoms with Crippen LogP contribution in [-0.4, -0.2) is 5.78 Å². The van der Waals surface area contributed by atoms with Crippen LogP contribution in [0, 0.1) is 17.8 Å². The third-order valence-electron chi connectivity index (χ3n) is 5.89. The Morgan fingerprint density at radius 1 is 1.06 bits per heavy atom. The Labute approximate surface area is 109 Å². The van der Waals surface area contributed by atoms with Gasteiger partial charge in [0.25, 0.3) is 0 Å². The van der Waals surface area contributed by atoms with E-state index in [2.05, 4.69) is 30.3 Å². The number of benzene rings is 1. The minimum absolute atomic E-state index is 0.234. The molecule has 0 amide bonds. The van der Waals surface area contributed by atoms with Gasteiger partial charge in [0.15, 0.2) is 0 Å². The van der Waals surface area contributed by atoms with Gasteiger partial charge in [0.1, 0.15) is 5.78 Å². The van der Waals surface area contributed by atoms with Crippen molar-refractivity contribution < 1.29 is 4.79 Å². The summed E-state index contributed by atoms with van der Waals surface area (Å²) in [6, 6.07) is 10.9. The number of carbonyl (C=O) groups is 1. The second-order valence-corrected chi connectivity index (χ2v) is 6.41. The molecule has 0 N–H and O–H groups in total. The predicted octanol–water partition coefficient (Wildman–Crippen LogP) is 3.72. The molecule has 4 rings (SSSR count). The van der Waals surface area contributed by atoms with Gasteiger partial charge >= 0.3 is 0 Å². The lowest BCUT2D eigenvalue weighted by atomic mass is 9.41. The molecule has 3 aliphatic carbocycles. The summed E-state index contributed by atoms with van der Waals surface area (Å²) in [5, 5.41) is 0. The van der Waals surface area contributed by atoms with Gasteiger partial charge in [-0.15, -0.1) is 0 Å². The van der Waals surface area contributed by atoms with Crippen LogP contribution in [0.2, 0.25) is 0 Å². The average Bonchev–Trinajstić information content (AvgIpc) is 2.81. The number of carbonyl (C=O) groups excluding carboxylic acids is 1. The molecule has 0 aromatic heterocycles. The van der Waals surface area contributed by atoms with Crippen molar-refractivity contribution >= 4 is 5.78 Å². The Morgan fingerprint density at radius 2 is 1.89 bits per heavy atom. The summed E-state index contributed by atoms with van der Waals surface area (Å²) in [7, 11) is 0. The van der Waals surface area contributed by atoms with E-state index in [1.807, 2.05) is 0 Å². The number of rotatable bonds is 1. The molecule has 1 nitrogen and oxygen atoms in total. The topological polar surface area (TPSA) is 17.1 Å². The summed E-state index contributed by atoms with van der Waals surface area (Å²) < 4.78 is 0. The van der Waals surface area contributed by atoms with Gasteiger partial charge in [-0.25, -0.2) is 0 Å². The number of hydrogen-bond donors (Lipinski definition) is 0. The van der Waals surface area contributed by atoms with Crippen molar-refractivity contribution in [1.29, 1.82) is 0 Å². The van der Waals surface area contributed by atoms with E-state index in [9.17, 15) is 4.79 Å². The first kappa shape index (κ1) is 10.8. The number of ketones is 1. The zero-order chi connectivity index (χ0) is 12.2. The standard InChI is InChI=1S/C17H20O/c18-15-10-5-11-17(12-6-2-1-3-7-12)14-9-4-8-13(14)16(15)17/h1-3,6-7,13-14,16H,4-5,8-11H2. The maximum atomic E-state index is 12.4. The minimum atomic E-state index is 0.234. The number of hydrogen-bond acceptors (Lipinski definition) is 1. The highest BCUT2D eigenvalue weighted by molar-refractivity contribution is 5.86. The van der Waals surface area contributed by atoms with E-state index < -0.39 is 0 Å². The van der Waals surface area contributed by atoms with Crippen LogP contribution in [0.25, 0.3) is 0 Å². The maximum absolute atomic E-state index is 12.4. The molecule has 0 aliphatic heterocycles. The van der Waals surface area contributed by atoms with E-state index >= 15 is 0 Å². The van der Waals surface area contributed by atoms with Gasteiger partial charge in [0, 0.05) is 17.8 Å². The second-order valence-electron chi connectivity index (χ2n) is 6.41. The molecule has 1 aromatic rings. The predicted molar refractivity (Wildman–Crippen MR) is 71.3 cm³/mol. The molecule has 18 heavy (non-hydrogen) atoms. The second kappa shape index (κ2) is 3.69. The Bertz CT molecular complexity index is 478. The Kier molecular flexibility index (Phi) is 2.21. The summed E-state index contributed by atoms with van der Waals surface area (Å²) in [5.41, 5.74) is 1.68. The zero-order valence-electron chi connectivity index (χ0n) is 10.8. The fraction of sp³-hybridized carbons (Fsp3) is 0.588. The highest BCUT2D eigenvalue weighted by Gasteiger charge is 2.66. The SMILES string of the molecule is O=C1CCCC2(c3ccccc3)C3CCCC3C12. The van der Waals surface area contributed by atoms with Crippen molar-refractivity contribution in [2.24, 2.45) is 17.8 Å². The molecule has 3 saturated carbocycles. The Hall–Kier alpha value is -1.11. The van der Waals surface area contributed by atoms with Gasteiger partial charge in [0.2, 0.25) is 0 Å². The third-order valence-corrected chi connectivity index (χ3v) is 5.89. The van der Waals surface area contributed by atoms with E-state index in [1.54, 1.807) is 0 Å². The lowest BCUT2D eigenvalue weighted by Gasteiger charge is -2.61. The fourth-order valence-corrected chi connectivity index (χ4v) is 5.39. The molecule has 0 spiro atoms. The van der Waals surface area contributed by atoms with Crippen LogP contribution in [-0.2, 0) is 10.2 Å². The molecular formula is C17H20O. The minimum Gasteiger partial charge on any atom is -0.299 e. The molecule has 0 heterocycles. The van der Waals surface area contributed by atoms with Crippen LogP contribution in [0.5, 0.6) is 0 Å². The van der Waals surface area contributed by atoms with E-state index in [0.29, 0.717) is 11.7 Å². The van der Waals surface area contributed by atoms with Crippen LogP contribution < -0.4 is 0 Å². The smallest absolute Gasteiger partial charge is 0.137 e. The lowest BCUT2D eigenvalue weighted by Crippen LogP contribution is -2.62. The molecule has 4 atom stereocenters. The summed E-state index contributed by atoms with van der Waals surface area (Å²) in [4.78, 5) is 12.4. The first-order valence-electron chi connectivity index (χ1n) is 7.42. The van der Waals surface area contributed by atoms with E-state index in [1.165, 1.54) is 31.2 Å².